The number of fused-ring (bicyclic) bond motifs is 3. The summed E-state index contributed by atoms with van der Waals surface area (Å²) in [7, 11) is 0. The Bertz CT molecular complexity index is 853. The van der Waals surface area contributed by atoms with E-state index in [4.69, 9.17) is 20.4 Å². The minimum absolute atomic E-state index is 0.285. The van der Waals surface area contributed by atoms with Gasteiger partial charge in [0.25, 0.3) is 0 Å². The predicted molar refractivity (Wildman–Crippen MR) is 95.6 cm³/mol. The highest BCUT2D eigenvalue weighted by Crippen LogP contribution is 2.38. The van der Waals surface area contributed by atoms with E-state index in [9.17, 15) is 18.0 Å². The molecule has 3 rings (SSSR count). The summed E-state index contributed by atoms with van der Waals surface area (Å²) in [6.07, 6.45) is -4.61. The maximum absolute atomic E-state index is 11.5. The van der Waals surface area contributed by atoms with E-state index >= 15 is 0 Å². The number of alkyl carbamates (subject to hydrolysis) is 1. The number of ether oxygens (including phenoxy) is 1. The lowest BCUT2D eigenvalue weighted by Crippen LogP contribution is -2.29. The first-order valence-electron chi connectivity index (χ1n) is 8.34. The molecule has 28 heavy (non-hydrogen) atoms. The van der Waals surface area contributed by atoms with Crippen molar-refractivity contribution < 1.29 is 32.6 Å². The van der Waals surface area contributed by atoms with Gasteiger partial charge in [0.1, 0.15) is 6.61 Å². The van der Waals surface area contributed by atoms with Gasteiger partial charge in [-0.05, 0) is 34.2 Å². The topological polar surface area (TPSA) is 102 Å². The fraction of sp³-hybridized carbons (Fsp3) is 0.263. The molecule has 0 atom stereocenters. The molecule has 150 valence electrons. The van der Waals surface area contributed by atoms with Crippen molar-refractivity contribution in [1.82, 2.24) is 5.32 Å². The zero-order valence-corrected chi connectivity index (χ0v) is 14.8. The average molecular weight is 396 g/mol. The van der Waals surface area contributed by atoms with Crippen LogP contribution in [0, 0.1) is 0 Å². The van der Waals surface area contributed by atoms with Crippen LogP contribution in [0.25, 0.3) is 11.1 Å². The summed E-state index contributed by atoms with van der Waals surface area (Å²) in [5.41, 5.74) is 11.5. The van der Waals surface area contributed by atoms with Crippen LogP contribution in [0.4, 0.5) is 18.0 Å². The zero-order valence-electron chi connectivity index (χ0n) is 14.8. The first-order valence-corrected chi connectivity index (χ1v) is 8.34. The fourth-order valence-electron chi connectivity index (χ4n) is 2.73. The van der Waals surface area contributed by atoms with Crippen LogP contribution < -0.4 is 11.1 Å². The smallest absolute Gasteiger partial charge is 0.475 e. The number of carboxylic acid groups (broad SMARTS) is 1. The van der Waals surface area contributed by atoms with Crippen LogP contribution in [0.5, 0.6) is 0 Å². The van der Waals surface area contributed by atoms with Gasteiger partial charge in [-0.1, -0.05) is 42.5 Å². The lowest BCUT2D eigenvalue weighted by atomic mass is 10.0. The summed E-state index contributed by atoms with van der Waals surface area (Å²) >= 11 is 0. The molecule has 0 radical (unpaired) electrons. The van der Waals surface area contributed by atoms with Gasteiger partial charge in [-0.3, -0.25) is 0 Å². The fourth-order valence-corrected chi connectivity index (χ4v) is 2.73. The minimum atomic E-state index is -5.08. The summed E-state index contributed by atoms with van der Waals surface area (Å²) in [4.78, 5) is 20.4. The highest BCUT2D eigenvalue weighted by atomic mass is 19.4. The van der Waals surface area contributed by atoms with Gasteiger partial charge in [-0.25, -0.2) is 9.59 Å². The van der Waals surface area contributed by atoms with Crippen molar-refractivity contribution in [3.05, 3.63) is 59.2 Å². The number of carbonyl (C=O) groups is 2. The van der Waals surface area contributed by atoms with E-state index in [0.717, 1.165) is 12.0 Å². The van der Waals surface area contributed by atoms with Crippen LogP contribution in [0.15, 0.2) is 42.5 Å². The van der Waals surface area contributed by atoms with E-state index in [1.807, 2.05) is 12.1 Å². The number of carbonyl (C=O) groups excluding carboxylic acids is 1. The van der Waals surface area contributed by atoms with Gasteiger partial charge in [-0.15, -0.1) is 0 Å². The van der Waals surface area contributed by atoms with Crippen LogP contribution in [-0.2, 0) is 22.6 Å². The monoisotopic (exact) mass is 396 g/mol. The van der Waals surface area contributed by atoms with Crippen molar-refractivity contribution in [2.24, 2.45) is 5.73 Å². The molecule has 0 bridgehead atoms. The summed E-state index contributed by atoms with van der Waals surface area (Å²) in [5.74, 6) is -2.76. The Morgan fingerprint density at radius 1 is 1.11 bits per heavy atom. The molecular weight excluding hydrogens is 377 g/mol. The number of alkyl halides is 3. The Labute approximate surface area is 159 Å². The van der Waals surface area contributed by atoms with Crippen LogP contribution in [0.2, 0.25) is 0 Å². The molecule has 2 aromatic rings. The quantitative estimate of drug-likeness (QED) is 0.629. The number of aliphatic carboxylic acids is 1. The summed E-state index contributed by atoms with van der Waals surface area (Å²) in [5, 5.41) is 9.73. The van der Waals surface area contributed by atoms with Crippen molar-refractivity contribution in [2.45, 2.75) is 19.2 Å². The number of hydrogen-bond acceptors (Lipinski definition) is 4. The standard InChI is InChI=1S/C17H18N2O2.C2HF3O2/c18-8-9-19-17(20)21-11-13-5-3-7-15-14-6-2-1-4-12(14)10-16(13)15;3-2(4,5)1(6)7/h1-7H,8-11,18H2,(H,19,20);(H,6,7). The highest BCUT2D eigenvalue weighted by molar-refractivity contribution is 5.78. The first kappa shape index (κ1) is 21.2. The van der Waals surface area contributed by atoms with Gasteiger partial charge in [0, 0.05) is 13.1 Å². The van der Waals surface area contributed by atoms with Crippen molar-refractivity contribution in [1.29, 1.82) is 0 Å². The van der Waals surface area contributed by atoms with Gasteiger partial charge in [-0.2, -0.15) is 13.2 Å². The molecule has 4 N–H and O–H groups in total. The lowest BCUT2D eigenvalue weighted by molar-refractivity contribution is -0.192. The maximum atomic E-state index is 11.5. The van der Waals surface area contributed by atoms with Crippen molar-refractivity contribution in [3.63, 3.8) is 0 Å². The Hall–Kier alpha value is -3.07. The Balaban J connectivity index is 0.000000345. The molecule has 0 fully saturated rings. The van der Waals surface area contributed by atoms with Crippen molar-refractivity contribution >= 4 is 12.1 Å². The summed E-state index contributed by atoms with van der Waals surface area (Å²) in [6.45, 7) is 1.12. The van der Waals surface area contributed by atoms with Gasteiger partial charge in [0.05, 0.1) is 0 Å². The zero-order chi connectivity index (χ0) is 20.7. The van der Waals surface area contributed by atoms with Crippen LogP contribution >= 0.6 is 0 Å². The average Bonchev–Trinajstić information content (AvgIpc) is 3.03. The van der Waals surface area contributed by atoms with Crippen LogP contribution in [-0.4, -0.2) is 36.4 Å². The second-order valence-electron chi connectivity index (χ2n) is 5.87. The van der Waals surface area contributed by atoms with Crippen LogP contribution in [0.1, 0.15) is 16.7 Å². The SMILES string of the molecule is NCCNC(=O)OCc1cccc2c1Cc1ccccc1-2.O=C(O)C(F)(F)F. The van der Waals surface area contributed by atoms with Gasteiger partial charge in [0.15, 0.2) is 0 Å². The molecule has 1 aliphatic rings. The molecule has 0 unspecified atom stereocenters. The molecule has 0 heterocycles. The first-order chi connectivity index (χ1) is 13.2. The molecule has 1 aliphatic carbocycles. The molecule has 0 spiro atoms. The molecule has 0 saturated carbocycles. The van der Waals surface area contributed by atoms with Crippen molar-refractivity contribution in [3.8, 4) is 11.1 Å². The third-order valence-corrected chi connectivity index (χ3v) is 3.96. The Kier molecular flexibility index (Phi) is 7.00. The van der Waals surface area contributed by atoms with E-state index in [1.165, 1.54) is 22.3 Å². The number of carboxylic acids is 1. The van der Waals surface area contributed by atoms with E-state index < -0.39 is 18.2 Å². The number of nitrogens with one attached hydrogen (secondary N) is 1. The summed E-state index contributed by atoms with van der Waals surface area (Å²) < 4.78 is 37.0. The predicted octanol–water partition coefficient (Wildman–Crippen LogP) is 3.08. The maximum Gasteiger partial charge on any atom is 0.490 e. The molecule has 6 nitrogen and oxygen atoms in total. The number of benzene rings is 2. The largest absolute Gasteiger partial charge is 0.490 e. The molecule has 0 saturated heterocycles. The van der Waals surface area contributed by atoms with E-state index in [0.29, 0.717) is 13.1 Å². The van der Waals surface area contributed by atoms with Crippen LogP contribution in [0.3, 0.4) is 0 Å². The Morgan fingerprint density at radius 2 is 1.75 bits per heavy atom. The Morgan fingerprint density at radius 3 is 2.39 bits per heavy atom. The van der Waals surface area contributed by atoms with E-state index in [-0.39, 0.29) is 6.61 Å². The molecule has 1 amide bonds. The third kappa shape index (κ3) is 5.46. The minimum Gasteiger partial charge on any atom is -0.475 e. The molecule has 0 aliphatic heterocycles. The van der Waals surface area contributed by atoms with E-state index in [1.54, 1.807) is 0 Å². The molecular formula is C19H19F3N2O4. The van der Waals surface area contributed by atoms with Gasteiger partial charge < -0.3 is 20.9 Å². The second kappa shape index (κ2) is 9.23. The lowest BCUT2D eigenvalue weighted by Gasteiger charge is -2.10. The van der Waals surface area contributed by atoms with E-state index in [2.05, 4.69) is 35.6 Å². The second-order valence-corrected chi connectivity index (χ2v) is 5.87. The molecule has 0 aromatic heterocycles. The normalized spacial score (nSPS) is 11.6. The third-order valence-electron chi connectivity index (χ3n) is 3.96. The van der Waals surface area contributed by atoms with Gasteiger partial charge >= 0.3 is 18.2 Å². The molecule has 2 aromatic carbocycles. The highest BCUT2D eigenvalue weighted by Gasteiger charge is 2.38. The number of amides is 1. The number of hydrogen-bond donors (Lipinski definition) is 3. The van der Waals surface area contributed by atoms with Gasteiger partial charge in [0.2, 0.25) is 0 Å². The number of rotatable bonds is 4. The molecule has 9 heteroatoms. The number of halogens is 3. The number of nitrogens with two attached hydrogens (primary N) is 1. The van der Waals surface area contributed by atoms with Crippen molar-refractivity contribution in [2.75, 3.05) is 13.1 Å². The summed E-state index contributed by atoms with van der Waals surface area (Å²) in [6, 6.07) is 14.5.